The second-order valence-corrected chi connectivity index (χ2v) is 4.69. The molecule has 0 aliphatic carbocycles. The highest BCUT2D eigenvalue weighted by atomic mass is 16.1. The van der Waals surface area contributed by atoms with Crippen LogP contribution in [0.3, 0.4) is 0 Å². The molecule has 6 nitrogen and oxygen atoms in total. The van der Waals surface area contributed by atoms with E-state index in [9.17, 15) is 4.79 Å². The number of nitrogens with zero attached hydrogens (tertiary/aromatic N) is 3. The van der Waals surface area contributed by atoms with Gasteiger partial charge < -0.3 is 10.6 Å². The standard InChI is InChI=1S/C15H19N5O/c1-3-6-17-14-10-18-13(9-19-14)15(21)20-11(2)12-4-7-16-8-5-12/h4-5,7-11H,3,6H2,1-2H3,(H,17,19)(H,20,21). The largest absolute Gasteiger partial charge is 0.369 e. The zero-order chi connectivity index (χ0) is 15.1. The van der Waals surface area contributed by atoms with Crippen molar-refractivity contribution in [3.63, 3.8) is 0 Å². The van der Waals surface area contributed by atoms with Crippen LogP contribution in [0.4, 0.5) is 5.82 Å². The number of nitrogens with one attached hydrogen (secondary N) is 2. The highest BCUT2D eigenvalue weighted by Gasteiger charge is 2.12. The lowest BCUT2D eigenvalue weighted by Crippen LogP contribution is -2.27. The van der Waals surface area contributed by atoms with Crippen molar-refractivity contribution in [2.45, 2.75) is 26.3 Å². The minimum Gasteiger partial charge on any atom is -0.369 e. The lowest BCUT2D eigenvalue weighted by molar-refractivity contribution is 0.0934. The summed E-state index contributed by atoms with van der Waals surface area (Å²) in [6.07, 6.45) is 7.46. The highest BCUT2D eigenvalue weighted by Crippen LogP contribution is 2.11. The maximum absolute atomic E-state index is 12.1. The molecule has 21 heavy (non-hydrogen) atoms. The molecule has 1 atom stereocenters. The Balaban J connectivity index is 1.97. The Hall–Kier alpha value is -2.50. The first kappa shape index (κ1) is 14.9. The molecule has 0 aliphatic rings. The minimum absolute atomic E-state index is 0.111. The molecule has 0 saturated heterocycles. The van der Waals surface area contributed by atoms with Gasteiger partial charge in [-0.05, 0) is 31.0 Å². The fourth-order valence-corrected chi connectivity index (χ4v) is 1.80. The summed E-state index contributed by atoms with van der Waals surface area (Å²) in [4.78, 5) is 24.4. The van der Waals surface area contributed by atoms with E-state index in [1.165, 1.54) is 6.20 Å². The summed E-state index contributed by atoms with van der Waals surface area (Å²) in [5, 5.41) is 6.00. The maximum atomic E-state index is 12.1. The van der Waals surface area contributed by atoms with Gasteiger partial charge in [0.1, 0.15) is 11.5 Å². The number of pyridine rings is 1. The molecule has 2 rings (SSSR count). The second-order valence-electron chi connectivity index (χ2n) is 4.69. The summed E-state index contributed by atoms with van der Waals surface area (Å²) in [5.74, 6) is 0.435. The Kier molecular flexibility index (Phi) is 5.20. The first-order valence-corrected chi connectivity index (χ1v) is 6.97. The number of aromatic nitrogens is 3. The van der Waals surface area contributed by atoms with Crippen molar-refractivity contribution in [2.24, 2.45) is 0 Å². The fraction of sp³-hybridized carbons (Fsp3) is 0.333. The summed E-state index contributed by atoms with van der Waals surface area (Å²) in [6.45, 7) is 4.82. The molecule has 2 N–H and O–H groups in total. The number of carbonyl (C=O) groups excluding carboxylic acids is 1. The first-order chi connectivity index (χ1) is 10.2. The first-order valence-electron chi connectivity index (χ1n) is 6.97. The molecule has 0 aliphatic heterocycles. The van der Waals surface area contributed by atoms with Gasteiger partial charge in [-0.1, -0.05) is 6.92 Å². The Bertz CT molecular complexity index is 570. The molecule has 6 heteroatoms. The molecule has 0 saturated carbocycles. The molecule has 0 spiro atoms. The van der Waals surface area contributed by atoms with Crippen LogP contribution >= 0.6 is 0 Å². The third-order valence-electron chi connectivity index (χ3n) is 2.99. The van der Waals surface area contributed by atoms with Crippen molar-refractivity contribution >= 4 is 11.7 Å². The van der Waals surface area contributed by atoms with Crippen LogP contribution < -0.4 is 10.6 Å². The van der Waals surface area contributed by atoms with E-state index in [1.54, 1.807) is 18.6 Å². The Morgan fingerprint density at radius 1 is 1.24 bits per heavy atom. The molecule has 2 aromatic heterocycles. The van der Waals surface area contributed by atoms with Gasteiger partial charge in [-0.25, -0.2) is 9.97 Å². The molecule has 0 aromatic carbocycles. The predicted octanol–water partition coefficient (Wildman–Crippen LogP) is 2.18. The van der Waals surface area contributed by atoms with Crippen molar-refractivity contribution < 1.29 is 4.79 Å². The zero-order valence-corrected chi connectivity index (χ0v) is 12.2. The van der Waals surface area contributed by atoms with Gasteiger partial charge in [0.05, 0.1) is 18.4 Å². The summed E-state index contributed by atoms with van der Waals surface area (Å²) < 4.78 is 0. The van der Waals surface area contributed by atoms with E-state index in [1.807, 2.05) is 19.1 Å². The molecule has 2 heterocycles. The minimum atomic E-state index is -0.242. The van der Waals surface area contributed by atoms with Crippen LogP contribution in [0.2, 0.25) is 0 Å². The molecule has 0 bridgehead atoms. The van der Waals surface area contributed by atoms with Crippen molar-refractivity contribution in [3.05, 3.63) is 48.2 Å². The number of amides is 1. The molecule has 2 aromatic rings. The molecular weight excluding hydrogens is 266 g/mol. The van der Waals surface area contributed by atoms with Crippen LogP contribution in [-0.4, -0.2) is 27.4 Å². The van der Waals surface area contributed by atoms with E-state index in [0.717, 1.165) is 18.5 Å². The van der Waals surface area contributed by atoms with E-state index in [4.69, 9.17) is 0 Å². The van der Waals surface area contributed by atoms with Gasteiger partial charge in [-0.15, -0.1) is 0 Å². The van der Waals surface area contributed by atoms with Crippen LogP contribution in [0.25, 0.3) is 0 Å². The lowest BCUT2D eigenvalue weighted by Gasteiger charge is -2.13. The van der Waals surface area contributed by atoms with E-state index >= 15 is 0 Å². The van der Waals surface area contributed by atoms with Crippen LogP contribution in [0.1, 0.15) is 42.4 Å². The third kappa shape index (κ3) is 4.24. The Morgan fingerprint density at radius 2 is 2.00 bits per heavy atom. The monoisotopic (exact) mass is 285 g/mol. The molecule has 1 amide bonds. The van der Waals surface area contributed by atoms with Crippen LogP contribution in [0, 0.1) is 0 Å². The normalized spacial score (nSPS) is 11.7. The molecular formula is C15H19N5O. The van der Waals surface area contributed by atoms with Gasteiger partial charge in [0.2, 0.25) is 0 Å². The summed E-state index contributed by atoms with van der Waals surface area (Å²) in [7, 11) is 0. The number of rotatable bonds is 6. The van der Waals surface area contributed by atoms with Gasteiger partial charge >= 0.3 is 0 Å². The SMILES string of the molecule is CCCNc1cnc(C(=O)NC(C)c2ccncc2)cn1. The fourth-order valence-electron chi connectivity index (χ4n) is 1.80. The van der Waals surface area contributed by atoms with Gasteiger partial charge in [0.25, 0.3) is 5.91 Å². The average molecular weight is 285 g/mol. The highest BCUT2D eigenvalue weighted by molar-refractivity contribution is 5.92. The summed E-state index contributed by atoms with van der Waals surface area (Å²) >= 11 is 0. The summed E-state index contributed by atoms with van der Waals surface area (Å²) in [5.41, 5.74) is 1.30. The van der Waals surface area contributed by atoms with E-state index in [2.05, 4.69) is 32.5 Å². The average Bonchev–Trinajstić information content (AvgIpc) is 2.54. The smallest absolute Gasteiger partial charge is 0.271 e. The lowest BCUT2D eigenvalue weighted by atomic mass is 10.1. The van der Waals surface area contributed by atoms with E-state index < -0.39 is 0 Å². The van der Waals surface area contributed by atoms with Gasteiger partial charge in [0, 0.05) is 18.9 Å². The Morgan fingerprint density at radius 3 is 2.62 bits per heavy atom. The second kappa shape index (κ2) is 7.33. The van der Waals surface area contributed by atoms with Crippen LogP contribution in [-0.2, 0) is 0 Å². The van der Waals surface area contributed by atoms with E-state index in [-0.39, 0.29) is 11.9 Å². The van der Waals surface area contributed by atoms with Crippen molar-refractivity contribution in [1.29, 1.82) is 0 Å². The van der Waals surface area contributed by atoms with Crippen molar-refractivity contribution in [2.75, 3.05) is 11.9 Å². The number of anilines is 1. The summed E-state index contributed by atoms with van der Waals surface area (Å²) in [6, 6.07) is 3.63. The van der Waals surface area contributed by atoms with Gasteiger partial charge in [-0.3, -0.25) is 9.78 Å². The van der Waals surface area contributed by atoms with Gasteiger partial charge in [0.15, 0.2) is 0 Å². The zero-order valence-electron chi connectivity index (χ0n) is 12.2. The van der Waals surface area contributed by atoms with Crippen LogP contribution in [0.15, 0.2) is 36.9 Å². The Labute approximate surface area is 124 Å². The molecule has 110 valence electrons. The maximum Gasteiger partial charge on any atom is 0.271 e. The number of carbonyl (C=O) groups is 1. The van der Waals surface area contributed by atoms with Crippen molar-refractivity contribution in [3.8, 4) is 0 Å². The molecule has 1 unspecified atom stereocenters. The molecule has 0 fully saturated rings. The topological polar surface area (TPSA) is 79.8 Å². The molecule has 0 radical (unpaired) electrons. The number of hydrogen-bond acceptors (Lipinski definition) is 5. The quantitative estimate of drug-likeness (QED) is 0.850. The van der Waals surface area contributed by atoms with E-state index in [0.29, 0.717) is 11.5 Å². The van der Waals surface area contributed by atoms with Crippen molar-refractivity contribution in [1.82, 2.24) is 20.3 Å². The van der Waals surface area contributed by atoms with Gasteiger partial charge in [-0.2, -0.15) is 0 Å². The number of hydrogen-bond donors (Lipinski definition) is 2. The van der Waals surface area contributed by atoms with Crippen LogP contribution in [0.5, 0.6) is 0 Å². The third-order valence-corrected chi connectivity index (χ3v) is 2.99. The predicted molar refractivity (Wildman–Crippen MR) is 80.9 cm³/mol.